The fourth-order valence-electron chi connectivity index (χ4n) is 5.63. The molecular formula is C30H32F5N7O2. The number of nitrogens with two attached hydrogens (primary N) is 1. The van der Waals surface area contributed by atoms with Crippen LogP contribution in [0.1, 0.15) is 30.5 Å². The average Bonchev–Trinajstić information content (AvgIpc) is 3.56. The highest BCUT2D eigenvalue weighted by Crippen LogP contribution is 2.33. The van der Waals surface area contributed by atoms with Crippen molar-refractivity contribution in [2.24, 2.45) is 0 Å². The van der Waals surface area contributed by atoms with Crippen molar-refractivity contribution < 1.29 is 31.5 Å². The Morgan fingerprint density at radius 1 is 1.09 bits per heavy atom. The average molecular weight is 618 g/mol. The molecule has 0 aliphatic carbocycles. The molecule has 0 unspecified atom stereocenters. The topological polar surface area (TPSA) is 110 Å². The van der Waals surface area contributed by atoms with E-state index < -0.39 is 36.0 Å². The van der Waals surface area contributed by atoms with Crippen molar-refractivity contribution in [3.8, 4) is 11.1 Å². The minimum atomic E-state index is -4.51. The van der Waals surface area contributed by atoms with Gasteiger partial charge in [0.05, 0.1) is 24.4 Å². The van der Waals surface area contributed by atoms with Crippen molar-refractivity contribution in [1.82, 2.24) is 19.5 Å². The first kappa shape index (κ1) is 31.1. The van der Waals surface area contributed by atoms with Gasteiger partial charge in [0.25, 0.3) is 0 Å². The van der Waals surface area contributed by atoms with Crippen LogP contribution in [0.5, 0.6) is 0 Å². The zero-order valence-corrected chi connectivity index (χ0v) is 23.9. The molecule has 1 aliphatic rings. The number of halogens is 5. The summed E-state index contributed by atoms with van der Waals surface area (Å²) in [7, 11) is 1.71. The van der Waals surface area contributed by atoms with E-state index in [-0.39, 0.29) is 17.1 Å². The van der Waals surface area contributed by atoms with Crippen molar-refractivity contribution >= 4 is 28.7 Å². The lowest BCUT2D eigenvalue weighted by Crippen LogP contribution is -2.33. The normalized spacial score (nSPS) is 15.6. The van der Waals surface area contributed by atoms with E-state index in [0.29, 0.717) is 35.7 Å². The number of hydrogen-bond donors (Lipinski definition) is 3. The summed E-state index contributed by atoms with van der Waals surface area (Å²) in [4.78, 5) is 19.0. The third-order valence-electron chi connectivity index (χ3n) is 7.60. The Balaban J connectivity index is 1.31. The lowest BCUT2D eigenvalue weighted by Gasteiger charge is -2.23. The molecule has 4 aromatic rings. The second-order valence-electron chi connectivity index (χ2n) is 10.7. The molecule has 2 aromatic heterocycles. The van der Waals surface area contributed by atoms with E-state index in [0.717, 1.165) is 56.2 Å². The first-order valence-corrected chi connectivity index (χ1v) is 14.1. The molecule has 0 bridgehead atoms. The van der Waals surface area contributed by atoms with Gasteiger partial charge in [0, 0.05) is 24.4 Å². The number of amides is 2. The molecule has 9 nitrogen and oxygen atoms in total. The zero-order valence-electron chi connectivity index (χ0n) is 23.9. The van der Waals surface area contributed by atoms with E-state index in [4.69, 9.17) is 10.5 Å². The largest absolute Gasteiger partial charge is 0.393 e. The molecule has 234 valence electrons. The Kier molecular flexibility index (Phi) is 9.30. The minimum Gasteiger partial charge on any atom is -0.383 e. The summed E-state index contributed by atoms with van der Waals surface area (Å²) < 4.78 is 74.6. The van der Waals surface area contributed by atoms with Gasteiger partial charge in [0.1, 0.15) is 23.5 Å². The van der Waals surface area contributed by atoms with Crippen molar-refractivity contribution in [3.05, 3.63) is 71.7 Å². The summed E-state index contributed by atoms with van der Waals surface area (Å²) >= 11 is 0. The number of likely N-dealkylation sites (tertiary alicyclic amines) is 1. The number of aromatic nitrogens is 3. The summed E-state index contributed by atoms with van der Waals surface area (Å²) in [6.07, 6.45) is -0.636. The number of anilines is 3. The fraction of sp³-hybridized carbons (Fsp3) is 0.367. The minimum absolute atomic E-state index is 0.220. The van der Waals surface area contributed by atoms with Gasteiger partial charge in [-0.25, -0.2) is 23.1 Å². The molecule has 0 saturated carbocycles. The van der Waals surface area contributed by atoms with Gasteiger partial charge < -0.3 is 21.1 Å². The van der Waals surface area contributed by atoms with Crippen LogP contribution < -0.4 is 16.4 Å². The maximum absolute atomic E-state index is 15.2. The summed E-state index contributed by atoms with van der Waals surface area (Å²) in [6, 6.07) is 8.07. The van der Waals surface area contributed by atoms with Gasteiger partial charge in [-0.15, -0.1) is 0 Å². The molecule has 1 atom stereocenters. The molecule has 14 heteroatoms. The van der Waals surface area contributed by atoms with Crippen molar-refractivity contribution in [1.29, 1.82) is 0 Å². The summed E-state index contributed by atoms with van der Waals surface area (Å²) in [5.74, 6) is -1.51. The first-order chi connectivity index (χ1) is 21.0. The summed E-state index contributed by atoms with van der Waals surface area (Å²) in [6.45, 7) is 2.62. The fourth-order valence-corrected chi connectivity index (χ4v) is 5.63. The first-order valence-electron chi connectivity index (χ1n) is 14.1. The SMILES string of the molecule is COC[C@@H]1CCCN1CCCc1cc(-c2ccc(NC(=O)Nc3cc(CC(F)(F)F)ccc3F)c(F)c2)c2c(N)ncnn12. The number of carbonyl (C=O) groups is 1. The Bertz CT molecular complexity index is 1640. The summed E-state index contributed by atoms with van der Waals surface area (Å²) in [5, 5.41) is 8.78. The second-order valence-corrected chi connectivity index (χ2v) is 10.7. The van der Waals surface area contributed by atoms with E-state index >= 15 is 4.39 Å². The van der Waals surface area contributed by atoms with Gasteiger partial charge in [0.2, 0.25) is 0 Å². The number of urea groups is 1. The van der Waals surface area contributed by atoms with E-state index in [1.165, 1.54) is 18.5 Å². The predicted octanol–water partition coefficient (Wildman–Crippen LogP) is 6.05. The van der Waals surface area contributed by atoms with Crippen molar-refractivity contribution in [2.45, 2.75) is 44.3 Å². The number of benzene rings is 2. The number of rotatable bonds is 10. The van der Waals surface area contributed by atoms with Gasteiger partial charge in [-0.3, -0.25) is 4.90 Å². The number of methoxy groups -OCH3 is 1. The number of carbonyl (C=O) groups excluding carboxylic acids is 1. The van der Waals surface area contributed by atoms with E-state index in [1.54, 1.807) is 17.7 Å². The molecule has 4 N–H and O–H groups in total. The molecule has 2 amide bonds. The lowest BCUT2D eigenvalue weighted by molar-refractivity contribution is -0.127. The van der Waals surface area contributed by atoms with Crippen molar-refractivity contribution in [2.75, 3.05) is 43.2 Å². The van der Waals surface area contributed by atoms with Crippen LogP contribution in [0.4, 0.5) is 43.9 Å². The Morgan fingerprint density at radius 2 is 1.89 bits per heavy atom. The van der Waals surface area contributed by atoms with Crippen LogP contribution in [-0.2, 0) is 17.6 Å². The van der Waals surface area contributed by atoms with Crippen LogP contribution in [-0.4, -0.2) is 64.6 Å². The number of ether oxygens (including phenoxy) is 1. The van der Waals surface area contributed by atoms with Gasteiger partial charge in [-0.05, 0) is 80.2 Å². The van der Waals surface area contributed by atoms with Crippen LogP contribution in [0.3, 0.4) is 0 Å². The molecule has 3 heterocycles. The number of nitrogens with zero attached hydrogens (tertiary/aromatic N) is 4. The third-order valence-corrected chi connectivity index (χ3v) is 7.60. The molecule has 0 radical (unpaired) electrons. The van der Waals surface area contributed by atoms with Crippen LogP contribution in [0.15, 0.2) is 48.8 Å². The van der Waals surface area contributed by atoms with Crippen LogP contribution in [0, 0.1) is 11.6 Å². The highest BCUT2D eigenvalue weighted by atomic mass is 19.4. The number of hydrogen-bond acceptors (Lipinski definition) is 6. The second kappa shape index (κ2) is 13.1. The molecule has 1 fully saturated rings. The lowest BCUT2D eigenvalue weighted by atomic mass is 10.1. The van der Waals surface area contributed by atoms with Gasteiger partial charge in [-0.2, -0.15) is 18.3 Å². The highest BCUT2D eigenvalue weighted by Gasteiger charge is 2.28. The maximum atomic E-state index is 15.2. The Morgan fingerprint density at radius 3 is 2.64 bits per heavy atom. The molecule has 0 spiro atoms. The number of nitrogen functional groups attached to an aromatic ring is 1. The van der Waals surface area contributed by atoms with Crippen molar-refractivity contribution in [3.63, 3.8) is 0 Å². The van der Waals surface area contributed by atoms with Gasteiger partial charge >= 0.3 is 12.2 Å². The van der Waals surface area contributed by atoms with E-state index in [1.807, 2.05) is 6.07 Å². The molecule has 2 aromatic carbocycles. The maximum Gasteiger partial charge on any atom is 0.393 e. The molecule has 5 rings (SSSR count). The molecule has 1 saturated heterocycles. The Hall–Kier alpha value is -4.30. The molecule has 1 aliphatic heterocycles. The van der Waals surface area contributed by atoms with Crippen LogP contribution in [0.2, 0.25) is 0 Å². The highest BCUT2D eigenvalue weighted by molar-refractivity contribution is 6.00. The molecular weight excluding hydrogens is 585 g/mol. The third kappa shape index (κ3) is 7.25. The smallest absolute Gasteiger partial charge is 0.383 e. The van der Waals surface area contributed by atoms with E-state index in [9.17, 15) is 22.4 Å². The number of fused-ring (bicyclic) bond motifs is 1. The number of aryl methyl sites for hydroxylation is 1. The van der Waals surface area contributed by atoms with Crippen LogP contribution in [0.25, 0.3) is 16.6 Å². The number of alkyl halides is 3. The van der Waals surface area contributed by atoms with E-state index in [2.05, 4.69) is 25.6 Å². The van der Waals surface area contributed by atoms with Gasteiger partial charge in [-0.1, -0.05) is 12.1 Å². The monoisotopic (exact) mass is 617 g/mol. The summed E-state index contributed by atoms with van der Waals surface area (Å²) in [5.41, 5.74) is 7.75. The van der Waals surface area contributed by atoms with Gasteiger partial charge in [0.15, 0.2) is 5.82 Å². The predicted molar refractivity (Wildman–Crippen MR) is 156 cm³/mol. The quantitative estimate of drug-likeness (QED) is 0.187. The number of nitrogens with one attached hydrogen (secondary N) is 2. The zero-order chi connectivity index (χ0) is 31.4. The standard InChI is InChI=1S/C30H32F5N7O2/c1-44-16-21-5-3-11-41(21)10-2-4-20-14-22(27-28(36)37-17-38-42(20)27)19-7-9-25(24(32)13-19)39-29(43)40-26-12-18(6-8-23(26)31)15-30(33,34)35/h6-9,12-14,17,21H,2-5,10-11,15-16H2,1H3,(H2,36,37,38)(H2,39,40,43)/t21-/m0/s1. The van der Waals surface area contributed by atoms with Crippen LogP contribution >= 0.6 is 0 Å². The molecule has 44 heavy (non-hydrogen) atoms. The Labute approximate surface area is 250 Å².